The van der Waals surface area contributed by atoms with Gasteiger partial charge in [0.05, 0.1) is 18.1 Å². The number of phenolic OH excluding ortho intramolecular Hbond substituents is 2. The van der Waals surface area contributed by atoms with Crippen LogP contribution >= 0.6 is 0 Å². The molecule has 10 unspecified atom stereocenters. The number of phenols is 2. The van der Waals surface area contributed by atoms with Gasteiger partial charge in [0, 0.05) is 17.7 Å². The van der Waals surface area contributed by atoms with Crippen molar-refractivity contribution in [2.45, 2.75) is 68.3 Å². The summed E-state index contributed by atoms with van der Waals surface area (Å²) in [5.41, 5.74) is 0.00544. The average Bonchev–Trinajstić information content (AvgIpc) is 2.95. The molecule has 3 aromatic rings. The van der Waals surface area contributed by atoms with Gasteiger partial charge in [-0.3, -0.25) is 4.79 Å². The number of hydrogen-bond acceptors (Lipinski definition) is 14. The molecule has 5 rings (SSSR count). The third-order valence-corrected chi connectivity index (χ3v) is 7.11. The maximum absolute atomic E-state index is 12.7. The van der Waals surface area contributed by atoms with E-state index in [1.54, 1.807) is 0 Å². The van der Waals surface area contributed by atoms with Crippen LogP contribution < -0.4 is 10.2 Å². The Morgan fingerprint density at radius 3 is 2.20 bits per heavy atom. The van der Waals surface area contributed by atoms with Crippen molar-refractivity contribution in [2.24, 2.45) is 0 Å². The van der Waals surface area contributed by atoms with E-state index in [0.29, 0.717) is 5.56 Å². The number of benzene rings is 2. The molecule has 3 heterocycles. The number of rotatable bonds is 6. The highest BCUT2D eigenvalue weighted by Crippen LogP contribution is 2.32. The van der Waals surface area contributed by atoms with E-state index in [1.165, 1.54) is 49.4 Å². The summed E-state index contributed by atoms with van der Waals surface area (Å²) in [5.74, 6) is -0.588. The lowest BCUT2D eigenvalue weighted by molar-refractivity contribution is -0.318. The van der Waals surface area contributed by atoms with Gasteiger partial charge in [0.25, 0.3) is 0 Å². The first-order chi connectivity index (χ1) is 19.4. The number of aromatic hydroxyl groups is 2. The molecule has 2 aliphatic heterocycles. The number of ether oxygens (including phenoxy) is 4. The third kappa shape index (κ3) is 5.74. The van der Waals surface area contributed by atoms with Gasteiger partial charge in [-0.2, -0.15) is 0 Å². The first kappa shape index (κ1) is 29.2. The SMILES string of the molecule is CC1OC(OCC2OC(Oc3ccc4c(=O)cc(-c5ccc(O)c(O)c5)oc4c3)C(O)C(O)C2O)C(O)C(O)C1O. The summed E-state index contributed by atoms with van der Waals surface area (Å²) in [5, 5.41) is 80.9. The van der Waals surface area contributed by atoms with Crippen LogP contribution in [0.15, 0.2) is 51.7 Å². The summed E-state index contributed by atoms with van der Waals surface area (Å²) in [6, 6.07) is 9.30. The monoisotopic (exact) mass is 578 g/mol. The average molecular weight is 579 g/mol. The lowest BCUT2D eigenvalue weighted by atomic mass is 9.98. The molecule has 2 aliphatic rings. The summed E-state index contributed by atoms with van der Waals surface area (Å²) in [7, 11) is 0. The van der Waals surface area contributed by atoms with Crippen LogP contribution in [0.5, 0.6) is 17.2 Å². The predicted molar refractivity (Wildman–Crippen MR) is 137 cm³/mol. The maximum Gasteiger partial charge on any atom is 0.229 e. The predicted octanol–water partition coefficient (Wildman–Crippen LogP) is -1.10. The summed E-state index contributed by atoms with van der Waals surface area (Å²) >= 11 is 0. The molecule has 0 saturated carbocycles. The highest BCUT2D eigenvalue weighted by molar-refractivity contribution is 5.80. The Kier molecular flexibility index (Phi) is 8.20. The largest absolute Gasteiger partial charge is 0.504 e. The second-order valence-corrected chi connectivity index (χ2v) is 9.98. The molecule has 14 nitrogen and oxygen atoms in total. The Morgan fingerprint density at radius 1 is 0.756 bits per heavy atom. The van der Waals surface area contributed by atoms with Gasteiger partial charge in [-0.1, -0.05) is 0 Å². The highest BCUT2D eigenvalue weighted by Gasteiger charge is 2.47. The van der Waals surface area contributed by atoms with Crippen LogP contribution in [-0.4, -0.2) is 109 Å². The summed E-state index contributed by atoms with van der Waals surface area (Å²) in [4.78, 5) is 12.7. The van der Waals surface area contributed by atoms with Crippen LogP contribution in [0.4, 0.5) is 0 Å². The lowest BCUT2D eigenvalue weighted by Crippen LogP contribution is -2.61. The van der Waals surface area contributed by atoms with E-state index in [-0.39, 0.29) is 28.2 Å². The minimum Gasteiger partial charge on any atom is -0.504 e. The van der Waals surface area contributed by atoms with Crippen molar-refractivity contribution in [3.05, 3.63) is 52.7 Å². The van der Waals surface area contributed by atoms with E-state index < -0.39 is 79.2 Å². The van der Waals surface area contributed by atoms with Crippen molar-refractivity contribution in [1.29, 1.82) is 0 Å². The molecule has 0 amide bonds. The van der Waals surface area contributed by atoms with Gasteiger partial charge in [0.1, 0.15) is 59.8 Å². The molecule has 41 heavy (non-hydrogen) atoms. The molecule has 222 valence electrons. The molecule has 0 aliphatic carbocycles. The van der Waals surface area contributed by atoms with Gasteiger partial charge in [0.15, 0.2) is 23.2 Å². The van der Waals surface area contributed by atoms with Gasteiger partial charge in [0.2, 0.25) is 6.29 Å². The molecular weight excluding hydrogens is 548 g/mol. The highest BCUT2D eigenvalue weighted by atomic mass is 16.7. The summed E-state index contributed by atoms with van der Waals surface area (Å²) in [6.07, 6.45) is -14.6. The van der Waals surface area contributed by atoms with Crippen molar-refractivity contribution < 1.29 is 64.2 Å². The summed E-state index contributed by atoms with van der Waals surface area (Å²) < 4.78 is 28.0. The Balaban J connectivity index is 1.33. The summed E-state index contributed by atoms with van der Waals surface area (Å²) in [6.45, 7) is 1.01. The fraction of sp³-hybridized carbons (Fsp3) is 0.444. The first-order valence-electron chi connectivity index (χ1n) is 12.7. The second kappa shape index (κ2) is 11.5. The Morgan fingerprint density at radius 2 is 1.46 bits per heavy atom. The van der Waals surface area contributed by atoms with Crippen molar-refractivity contribution in [1.82, 2.24) is 0 Å². The fourth-order valence-corrected chi connectivity index (χ4v) is 4.65. The molecule has 2 fully saturated rings. The minimum absolute atomic E-state index is 0.0654. The topological polar surface area (TPSA) is 229 Å². The lowest BCUT2D eigenvalue weighted by Gasteiger charge is -2.42. The molecular formula is C27H30O14. The van der Waals surface area contributed by atoms with Crippen molar-refractivity contribution in [3.63, 3.8) is 0 Å². The number of hydrogen-bond donors (Lipinski definition) is 8. The van der Waals surface area contributed by atoms with Crippen molar-refractivity contribution >= 4 is 11.0 Å². The van der Waals surface area contributed by atoms with E-state index in [2.05, 4.69) is 0 Å². The molecule has 10 atom stereocenters. The van der Waals surface area contributed by atoms with E-state index in [4.69, 9.17) is 23.4 Å². The molecule has 2 aromatic carbocycles. The van der Waals surface area contributed by atoms with Gasteiger partial charge in [-0.15, -0.1) is 0 Å². The minimum atomic E-state index is -1.72. The van der Waals surface area contributed by atoms with Gasteiger partial charge in [-0.05, 0) is 37.3 Å². The first-order valence-corrected chi connectivity index (χ1v) is 12.7. The fourth-order valence-electron chi connectivity index (χ4n) is 4.65. The Hall–Kier alpha value is -3.31. The van der Waals surface area contributed by atoms with Crippen LogP contribution in [0.1, 0.15) is 6.92 Å². The quantitative estimate of drug-likeness (QED) is 0.162. The maximum atomic E-state index is 12.7. The Bertz CT molecular complexity index is 1440. The molecule has 14 heteroatoms. The second-order valence-electron chi connectivity index (χ2n) is 9.98. The number of fused-ring (bicyclic) bond motifs is 1. The van der Waals surface area contributed by atoms with Gasteiger partial charge >= 0.3 is 0 Å². The van der Waals surface area contributed by atoms with E-state index in [1.807, 2.05) is 0 Å². The normalized spacial score (nSPS) is 34.0. The van der Waals surface area contributed by atoms with Crippen LogP contribution in [0, 0.1) is 0 Å². The van der Waals surface area contributed by atoms with Crippen LogP contribution in [0.3, 0.4) is 0 Å². The van der Waals surface area contributed by atoms with Crippen LogP contribution in [0.25, 0.3) is 22.3 Å². The molecule has 8 N–H and O–H groups in total. The van der Waals surface area contributed by atoms with E-state index in [0.717, 1.165) is 0 Å². The zero-order valence-corrected chi connectivity index (χ0v) is 21.5. The number of aliphatic hydroxyl groups excluding tert-OH is 6. The molecule has 0 radical (unpaired) electrons. The molecule has 0 bridgehead atoms. The van der Waals surface area contributed by atoms with Gasteiger partial charge < -0.3 is 64.2 Å². The standard InChI is InChI=1S/C27H30O14/c1-10-20(31)22(33)24(35)26(38-10)37-9-19-21(32)23(34)25(36)27(41-19)39-12-3-4-13-15(29)8-17(40-18(13)7-12)11-2-5-14(28)16(30)6-11/h2-8,10,19-28,30-36H,9H2,1H3. The van der Waals surface area contributed by atoms with Crippen molar-refractivity contribution in [3.8, 4) is 28.6 Å². The zero-order valence-electron chi connectivity index (χ0n) is 21.5. The zero-order chi connectivity index (χ0) is 29.6. The van der Waals surface area contributed by atoms with Gasteiger partial charge in [-0.25, -0.2) is 0 Å². The van der Waals surface area contributed by atoms with E-state index in [9.17, 15) is 45.6 Å². The van der Waals surface area contributed by atoms with Crippen LogP contribution in [0.2, 0.25) is 0 Å². The molecule has 1 aromatic heterocycles. The van der Waals surface area contributed by atoms with Crippen molar-refractivity contribution in [2.75, 3.05) is 6.61 Å². The van der Waals surface area contributed by atoms with E-state index >= 15 is 0 Å². The number of aliphatic hydroxyl groups is 6. The smallest absolute Gasteiger partial charge is 0.229 e. The van der Waals surface area contributed by atoms with Crippen LogP contribution in [-0.2, 0) is 14.2 Å². The molecule has 0 spiro atoms. The third-order valence-electron chi connectivity index (χ3n) is 7.11. The Labute approximate surface area is 231 Å². The molecule has 2 saturated heterocycles.